The zero-order valence-electron chi connectivity index (χ0n) is 10.6. The second-order valence-electron chi connectivity index (χ2n) is 3.93. The van der Waals surface area contributed by atoms with E-state index in [2.05, 4.69) is 10.1 Å². The lowest BCUT2D eigenvalue weighted by atomic mass is 10.1. The third-order valence-electron chi connectivity index (χ3n) is 2.20. The van der Waals surface area contributed by atoms with Crippen molar-refractivity contribution in [2.45, 2.75) is 33.3 Å². The standard InChI is InChI=1S/C11H18N2O4/c1-5-16-9(14)6-8-12-11(13-17-8)10(15-4)7(2)3/h7,10H,5-6H2,1-4H3. The molecule has 0 aromatic carbocycles. The molecule has 1 aromatic heterocycles. The highest BCUT2D eigenvalue weighted by Gasteiger charge is 2.22. The first-order valence-electron chi connectivity index (χ1n) is 5.59. The molecule has 96 valence electrons. The Bertz CT molecular complexity index is 362. The molecule has 0 radical (unpaired) electrons. The second kappa shape index (κ2) is 6.34. The summed E-state index contributed by atoms with van der Waals surface area (Å²) in [5.41, 5.74) is 0. The van der Waals surface area contributed by atoms with Crippen LogP contribution in [0.15, 0.2) is 4.52 Å². The van der Waals surface area contributed by atoms with Crippen LogP contribution in [-0.4, -0.2) is 29.8 Å². The first-order chi connectivity index (χ1) is 8.08. The van der Waals surface area contributed by atoms with Gasteiger partial charge in [-0.1, -0.05) is 19.0 Å². The highest BCUT2D eigenvalue weighted by Crippen LogP contribution is 2.22. The van der Waals surface area contributed by atoms with Gasteiger partial charge in [0.1, 0.15) is 12.5 Å². The van der Waals surface area contributed by atoms with Gasteiger partial charge in [-0.25, -0.2) is 0 Å². The van der Waals surface area contributed by atoms with Gasteiger partial charge in [0, 0.05) is 7.11 Å². The van der Waals surface area contributed by atoms with E-state index in [4.69, 9.17) is 14.0 Å². The van der Waals surface area contributed by atoms with Gasteiger partial charge in [-0.15, -0.1) is 0 Å². The average molecular weight is 242 g/mol. The molecule has 0 saturated carbocycles. The molecule has 6 heteroatoms. The molecule has 17 heavy (non-hydrogen) atoms. The van der Waals surface area contributed by atoms with Crippen LogP contribution in [0.5, 0.6) is 0 Å². The van der Waals surface area contributed by atoms with Gasteiger partial charge in [-0.05, 0) is 12.8 Å². The molecule has 0 aliphatic rings. The minimum absolute atomic E-state index is 0.00459. The molecule has 1 rings (SSSR count). The van der Waals surface area contributed by atoms with Gasteiger partial charge in [0.15, 0.2) is 0 Å². The molecule has 1 atom stereocenters. The van der Waals surface area contributed by atoms with Crippen LogP contribution < -0.4 is 0 Å². The van der Waals surface area contributed by atoms with Crippen molar-refractivity contribution in [1.82, 2.24) is 10.1 Å². The Hall–Kier alpha value is -1.43. The van der Waals surface area contributed by atoms with Gasteiger partial charge < -0.3 is 14.0 Å². The summed E-state index contributed by atoms with van der Waals surface area (Å²) in [7, 11) is 1.59. The number of carbonyl (C=O) groups is 1. The molecule has 1 heterocycles. The van der Waals surface area contributed by atoms with Gasteiger partial charge >= 0.3 is 5.97 Å². The number of carbonyl (C=O) groups excluding carboxylic acids is 1. The van der Waals surface area contributed by atoms with Crippen molar-refractivity contribution in [1.29, 1.82) is 0 Å². The number of ether oxygens (including phenoxy) is 2. The minimum atomic E-state index is -0.374. The molecule has 6 nitrogen and oxygen atoms in total. The maximum atomic E-state index is 11.2. The Morgan fingerprint density at radius 2 is 2.18 bits per heavy atom. The molecule has 1 unspecified atom stereocenters. The van der Waals surface area contributed by atoms with Crippen LogP contribution in [0, 0.1) is 5.92 Å². The summed E-state index contributed by atoms with van der Waals surface area (Å²) in [5, 5.41) is 3.80. The number of aromatic nitrogens is 2. The largest absolute Gasteiger partial charge is 0.466 e. The minimum Gasteiger partial charge on any atom is -0.466 e. The third-order valence-corrected chi connectivity index (χ3v) is 2.20. The molecule has 0 fully saturated rings. The number of nitrogens with zero attached hydrogens (tertiary/aromatic N) is 2. The topological polar surface area (TPSA) is 74.5 Å². The summed E-state index contributed by atoms with van der Waals surface area (Å²) in [6, 6.07) is 0. The van der Waals surface area contributed by atoms with Crippen LogP contribution in [0.4, 0.5) is 0 Å². The van der Waals surface area contributed by atoms with Crippen LogP contribution in [0.3, 0.4) is 0 Å². The molecule has 0 N–H and O–H groups in total. The number of methoxy groups -OCH3 is 1. The van der Waals surface area contributed by atoms with Gasteiger partial charge in [-0.2, -0.15) is 4.98 Å². The highest BCUT2D eigenvalue weighted by molar-refractivity contribution is 5.71. The monoisotopic (exact) mass is 242 g/mol. The van der Waals surface area contributed by atoms with E-state index >= 15 is 0 Å². The Balaban J connectivity index is 2.67. The van der Waals surface area contributed by atoms with Crippen molar-refractivity contribution >= 4 is 5.97 Å². The van der Waals surface area contributed by atoms with Crippen molar-refractivity contribution in [2.24, 2.45) is 5.92 Å². The lowest BCUT2D eigenvalue weighted by molar-refractivity contribution is -0.142. The normalized spacial score (nSPS) is 12.8. The summed E-state index contributed by atoms with van der Waals surface area (Å²) in [4.78, 5) is 15.3. The van der Waals surface area contributed by atoms with Crippen LogP contribution in [-0.2, 0) is 20.7 Å². The fraction of sp³-hybridized carbons (Fsp3) is 0.727. The molecular formula is C11H18N2O4. The van der Waals surface area contributed by atoms with Crippen LogP contribution in [0.1, 0.15) is 38.6 Å². The highest BCUT2D eigenvalue weighted by atomic mass is 16.5. The van der Waals surface area contributed by atoms with E-state index in [9.17, 15) is 4.79 Å². The predicted molar refractivity (Wildman–Crippen MR) is 59.2 cm³/mol. The second-order valence-corrected chi connectivity index (χ2v) is 3.93. The quantitative estimate of drug-likeness (QED) is 0.704. The van der Waals surface area contributed by atoms with Crippen molar-refractivity contribution < 1.29 is 18.8 Å². The first-order valence-corrected chi connectivity index (χ1v) is 5.59. The van der Waals surface area contributed by atoms with Crippen LogP contribution in [0.25, 0.3) is 0 Å². The van der Waals surface area contributed by atoms with Crippen molar-refractivity contribution in [3.8, 4) is 0 Å². The maximum absolute atomic E-state index is 11.2. The van der Waals surface area contributed by atoms with E-state index in [1.807, 2.05) is 13.8 Å². The van der Waals surface area contributed by atoms with Crippen molar-refractivity contribution in [3.05, 3.63) is 11.7 Å². The number of rotatable bonds is 6. The SMILES string of the molecule is CCOC(=O)Cc1nc(C(OC)C(C)C)no1. The van der Waals surface area contributed by atoms with Gasteiger partial charge in [0.25, 0.3) is 0 Å². The zero-order chi connectivity index (χ0) is 12.8. The molecule has 0 bridgehead atoms. The summed E-state index contributed by atoms with van der Waals surface area (Å²) in [5.74, 6) is 0.567. The van der Waals surface area contributed by atoms with E-state index < -0.39 is 0 Å². The van der Waals surface area contributed by atoms with Gasteiger partial charge in [0.2, 0.25) is 11.7 Å². The summed E-state index contributed by atoms with van der Waals surface area (Å²) in [6.45, 7) is 6.08. The third kappa shape index (κ3) is 3.81. The van der Waals surface area contributed by atoms with Crippen molar-refractivity contribution in [2.75, 3.05) is 13.7 Å². The Morgan fingerprint density at radius 1 is 1.47 bits per heavy atom. The zero-order valence-corrected chi connectivity index (χ0v) is 10.6. The smallest absolute Gasteiger partial charge is 0.315 e. The van der Waals surface area contributed by atoms with Crippen LogP contribution >= 0.6 is 0 Å². The fourth-order valence-electron chi connectivity index (χ4n) is 1.47. The van der Waals surface area contributed by atoms with Crippen molar-refractivity contribution in [3.63, 3.8) is 0 Å². The Kier molecular flexibility index (Phi) is 5.09. The summed E-state index contributed by atoms with van der Waals surface area (Å²) >= 11 is 0. The molecular weight excluding hydrogens is 224 g/mol. The maximum Gasteiger partial charge on any atom is 0.315 e. The summed E-state index contributed by atoms with van der Waals surface area (Å²) in [6.07, 6.45) is -0.232. The first kappa shape index (κ1) is 13.6. The summed E-state index contributed by atoms with van der Waals surface area (Å²) < 4.78 is 15.0. The predicted octanol–water partition coefficient (Wildman–Crippen LogP) is 1.52. The Morgan fingerprint density at radius 3 is 2.71 bits per heavy atom. The van der Waals surface area contributed by atoms with Gasteiger partial charge in [0.05, 0.1) is 6.61 Å². The number of esters is 1. The molecule has 0 saturated heterocycles. The number of hydrogen-bond acceptors (Lipinski definition) is 6. The average Bonchev–Trinajstić information content (AvgIpc) is 2.67. The molecule has 0 aliphatic heterocycles. The Labute approximate surface area is 100 Å². The molecule has 0 spiro atoms. The van der Waals surface area contributed by atoms with E-state index in [1.54, 1.807) is 14.0 Å². The fourth-order valence-corrected chi connectivity index (χ4v) is 1.47. The molecule has 0 amide bonds. The number of hydrogen-bond donors (Lipinski definition) is 0. The lowest BCUT2D eigenvalue weighted by Gasteiger charge is -2.14. The van der Waals surface area contributed by atoms with E-state index in [0.29, 0.717) is 12.4 Å². The van der Waals surface area contributed by atoms with E-state index in [0.717, 1.165) is 0 Å². The van der Waals surface area contributed by atoms with Gasteiger partial charge in [-0.3, -0.25) is 4.79 Å². The van der Waals surface area contributed by atoms with E-state index in [-0.39, 0.29) is 30.3 Å². The molecule has 1 aromatic rings. The molecule has 0 aliphatic carbocycles. The lowest BCUT2D eigenvalue weighted by Crippen LogP contribution is -2.11. The van der Waals surface area contributed by atoms with E-state index in [1.165, 1.54) is 0 Å². The van der Waals surface area contributed by atoms with Crippen LogP contribution in [0.2, 0.25) is 0 Å².